The van der Waals surface area contributed by atoms with Gasteiger partial charge in [-0.15, -0.1) is 5.10 Å². The Hall–Kier alpha value is -4.40. The normalized spacial score (nSPS) is 10.8. The van der Waals surface area contributed by atoms with Crippen LogP contribution in [-0.4, -0.2) is 37.1 Å². The first-order chi connectivity index (χ1) is 14.5. The Balaban J connectivity index is 2.03. The van der Waals surface area contributed by atoms with Gasteiger partial charge in [0.15, 0.2) is 11.4 Å². The first kappa shape index (κ1) is 18.9. The van der Waals surface area contributed by atoms with Crippen LogP contribution in [0.3, 0.4) is 0 Å². The Morgan fingerprint density at radius 3 is 2.43 bits per heavy atom. The van der Waals surface area contributed by atoms with Crippen LogP contribution in [-0.2, 0) is 6.54 Å². The molecule has 0 spiro atoms. The van der Waals surface area contributed by atoms with Crippen molar-refractivity contribution in [2.45, 2.75) is 6.54 Å². The van der Waals surface area contributed by atoms with Crippen molar-refractivity contribution in [1.29, 1.82) is 0 Å². The largest absolute Gasteiger partial charge is 0.508 e. The Bertz CT molecular complexity index is 1290. The number of aromatic hydroxyl groups is 1. The molecule has 0 fully saturated rings. The van der Waals surface area contributed by atoms with E-state index in [-0.39, 0.29) is 40.5 Å². The van der Waals surface area contributed by atoms with Gasteiger partial charge in [0.25, 0.3) is 0 Å². The SMILES string of the molecule is O=NCc1nnc2[nH]cc(C(=O)c3ccc(O)cc3)c2c1-c1ccccc1C(=O)O. The molecule has 0 unspecified atom stereocenters. The highest BCUT2D eigenvalue weighted by Gasteiger charge is 2.24. The molecule has 0 aliphatic carbocycles. The average Bonchev–Trinajstić information content (AvgIpc) is 3.18. The van der Waals surface area contributed by atoms with Crippen LogP contribution in [0.15, 0.2) is 59.9 Å². The lowest BCUT2D eigenvalue weighted by Crippen LogP contribution is -2.06. The summed E-state index contributed by atoms with van der Waals surface area (Å²) in [5.74, 6) is -1.51. The zero-order valence-electron chi connectivity index (χ0n) is 15.4. The maximum Gasteiger partial charge on any atom is 0.336 e. The third-order valence-corrected chi connectivity index (χ3v) is 4.68. The number of ketones is 1. The molecule has 2 heterocycles. The number of benzene rings is 2. The number of carboxylic acids is 1. The molecule has 0 aliphatic rings. The zero-order valence-corrected chi connectivity index (χ0v) is 15.4. The molecule has 0 radical (unpaired) electrons. The van der Waals surface area contributed by atoms with Gasteiger partial charge in [-0.25, -0.2) is 4.79 Å². The van der Waals surface area contributed by atoms with Crippen LogP contribution in [0.5, 0.6) is 5.75 Å². The molecule has 0 amide bonds. The molecule has 4 aromatic rings. The van der Waals surface area contributed by atoms with E-state index in [0.717, 1.165) is 0 Å². The number of aromatic amines is 1. The molecule has 2 aromatic carbocycles. The van der Waals surface area contributed by atoms with Crippen LogP contribution < -0.4 is 0 Å². The molecule has 9 heteroatoms. The Labute approximate surface area is 169 Å². The van der Waals surface area contributed by atoms with Gasteiger partial charge in [-0.05, 0) is 35.9 Å². The molecule has 148 valence electrons. The van der Waals surface area contributed by atoms with E-state index in [2.05, 4.69) is 20.4 Å². The molecule has 4 rings (SSSR count). The minimum atomic E-state index is -1.16. The van der Waals surface area contributed by atoms with E-state index in [9.17, 15) is 24.7 Å². The highest BCUT2D eigenvalue weighted by Crippen LogP contribution is 2.35. The third kappa shape index (κ3) is 3.18. The monoisotopic (exact) mass is 402 g/mol. The van der Waals surface area contributed by atoms with Crippen molar-refractivity contribution in [2.24, 2.45) is 5.18 Å². The first-order valence-electron chi connectivity index (χ1n) is 8.83. The molecular formula is C21H14N4O5. The quantitative estimate of drug-likeness (QED) is 0.330. The Morgan fingerprint density at radius 2 is 1.73 bits per heavy atom. The summed E-state index contributed by atoms with van der Waals surface area (Å²) in [6, 6.07) is 12.0. The van der Waals surface area contributed by atoms with Crippen molar-refractivity contribution in [3.63, 3.8) is 0 Å². The second kappa shape index (κ2) is 7.55. The minimum absolute atomic E-state index is 0.0109. The number of hydrogen-bond acceptors (Lipinski definition) is 7. The van der Waals surface area contributed by atoms with Crippen LogP contribution in [0.25, 0.3) is 22.2 Å². The van der Waals surface area contributed by atoms with Gasteiger partial charge in [-0.3, -0.25) is 4.79 Å². The molecular weight excluding hydrogens is 388 g/mol. The number of phenolic OH excluding ortho intramolecular Hbond substituents is 1. The maximum atomic E-state index is 13.2. The second-order valence-electron chi connectivity index (χ2n) is 6.46. The van der Waals surface area contributed by atoms with Crippen molar-refractivity contribution >= 4 is 22.8 Å². The van der Waals surface area contributed by atoms with E-state index in [1.54, 1.807) is 18.2 Å². The molecule has 0 saturated heterocycles. The summed E-state index contributed by atoms with van der Waals surface area (Å²) >= 11 is 0. The second-order valence-corrected chi connectivity index (χ2v) is 6.46. The number of nitrogens with one attached hydrogen (secondary N) is 1. The molecule has 3 N–H and O–H groups in total. The van der Waals surface area contributed by atoms with Crippen LogP contribution in [0.2, 0.25) is 0 Å². The highest BCUT2D eigenvalue weighted by molar-refractivity contribution is 6.19. The van der Waals surface area contributed by atoms with Crippen LogP contribution in [0, 0.1) is 4.91 Å². The lowest BCUT2D eigenvalue weighted by atomic mass is 9.93. The van der Waals surface area contributed by atoms with Gasteiger partial charge < -0.3 is 15.2 Å². The lowest BCUT2D eigenvalue weighted by molar-refractivity contribution is 0.0697. The number of rotatable bonds is 6. The fourth-order valence-corrected chi connectivity index (χ4v) is 3.35. The summed E-state index contributed by atoms with van der Waals surface area (Å²) in [6.45, 7) is -0.343. The van der Waals surface area contributed by atoms with Gasteiger partial charge in [0, 0.05) is 22.7 Å². The summed E-state index contributed by atoms with van der Waals surface area (Å²) in [5, 5.41) is 30.4. The number of fused-ring (bicyclic) bond motifs is 1. The van der Waals surface area contributed by atoms with Crippen molar-refractivity contribution in [3.8, 4) is 16.9 Å². The summed E-state index contributed by atoms with van der Waals surface area (Å²) in [6.07, 6.45) is 1.46. The van der Waals surface area contributed by atoms with Gasteiger partial charge in [0.05, 0.1) is 16.8 Å². The topological polar surface area (TPSA) is 146 Å². The predicted octanol–water partition coefficient (Wildman–Crippen LogP) is 3.53. The number of nitroso groups, excluding NO2 is 1. The number of hydrogen-bond donors (Lipinski definition) is 3. The van der Waals surface area contributed by atoms with Gasteiger partial charge in [0.1, 0.15) is 12.3 Å². The van der Waals surface area contributed by atoms with Gasteiger partial charge in [-0.2, -0.15) is 10.0 Å². The lowest BCUT2D eigenvalue weighted by Gasteiger charge is -2.12. The molecule has 9 nitrogen and oxygen atoms in total. The van der Waals surface area contributed by atoms with Crippen LogP contribution >= 0.6 is 0 Å². The minimum Gasteiger partial charge on any atom is -0.508 e. The fourth-order valence-electron chi connectivity index (χ4n) is 3.35. The van der Waals surface area contributed by atoms with E-state index < -0.39 is 5.97 Å². The van der Waals surface area contributed by atoms with E-state index in [1.807, 2.05) is 0 Å². The third-order valence-electron chi connectivity index (χ3n) is 4.68. The summed E-state index contributed by atoms with van der Waals surface area (Å²) < 4.78 is 0. The molecule has 0 atom stereocenters. The van der Waals surface area contributed by atoms with E-state index in [0.29, 0.717) is 22.1 Å². The standard InChI is InChI=1S/C21H14N4O5/c26-12-7-5-11(6-8-12)19(27)15-9-22-20-18(15)17(16(10-23-30)24-25-20)13-3-1-2-4-14(13)21(28)29/h1-9,26H,10H2,(H,22,25)(H,28,29). The van der Waals surface area contributed by atoms with Gasteiger partial charge >= 0.3 is 5.97 Å². The van der Waals surface area contributed by atoms with Crippen molar-refractivity contribution in [1.82, 2.24) is 15.2 Å². The molecule has 0 aliphatic heterocycles. The van der Waals surface area contributed by atoms with Gasteiger partial charge in [-0.1, -0.05) is 23.4 Å². The van der Waals surface area contributed by atoms with Crippen molar-refractivity contribution in [3.05, 3.63) is 82.0 Å². The Morgan fingerprint density at radius 1 is 1.00 bits per heavy atom. The number of nitrogens with zero attached hydrogens (tertiary/aromatic N) is 3. The van der Waals surface area contributed by atoms with Crippen LogP contribution in [0.1, 0.15) is 32.0 Å². The first-order valence-corrected chi connectivity index (χ1v) is 8.83. The number of H-pyrrole nitrogens is 1. The number of carbonyl (C=O) groups is 2. The van der Waals surface area contributed by atoms with Crippen LogP contribution in [0.4, 0.5) is 0 Å². The van der Waals surface area contributed by atoms with E-state index in [4.69, 9.17) is 0 Å². The zero-order chi connectivity index (χ0) is 21.3. The fraction of sp³-hybridized carbons (Fsp3) is 0.0476. The molecule has 2 aromatic heterocycles. The van der Waals surface area contributed by atoms with Crippen molar-refractivity contribution in [2.75, 3.05) is 0 Å². The number of aromatic nitrogens is 3. The van der Waals surface area contributed by atoms with E-state index >= 15 is 0 Å². The number of carboxylic acid groups (broad SMARTS) is 1. The summed E-state index contributed by atoms with van der Waals surface area (Å²) in [5.41, 5.74) is 1.56. The smallest absolute Gasteiger partial charge is 0.336 e. The Kier molecular flexibility index (Phi) is 4.77. The number of aromatic carboxylic acids is 1. The molecule has 0 saturated carbocycles. The average molecular weight is 402 g/mol. The maximum absolute atomic E-state index is 13.2. The highest BCUT2D eigenvalue weighted by atomic mass is 16.4. The summed E-state index contributed by atoms with van der Waals surface area (Å²) in [4.78, 5) is 38.8. The van der Waals surface area contributed by atoms with E-state index in [1.165, 1.54) is 36.5 Å². The number of phenols is 1. The van der Waals surface area contributed by atoms with Crippen molar-refractivity contribution < 1.29 is 19.8 Å². The molecule has 0 bridgehead atoms. The predicted molar refractivity (Wildman–Crippen MR) is 107 cm³/mol. The summed E-state index contributed by atoms with van der Waals surface area (Å²) in [7, 11) is 0. The molecule has 30 heavy (non-hydrogen) atoms. The van der Waals surface area contributed by atoms with Gasteiger partial charge in [0.2, 0.25) is 0 Å². The number of carbonyl (C=O) groups excluding carboxylic acids is 1.